The normalized spacial score (nSPS) is 10.6. The van der Waals surface area contributed by atoms with E-state index in [9.17, 15) is 9.18 Å². The van der Waals surface area contributed by atoms with Crippen LogP contribution in [0.25, 0.3) is 0 Å². The smallest absolute Gasteiger partial charge is 0.255 e. The molecule has 1 aromatic rings. The standard InChI is InChI=1S/C14H22FN3O/c1-16-13-11(7-5-8-12(13)15)14(19)18(4)10-6-9-17(2)3/h5,7-8,16H,6,9-10H2,1-4H3. The summed E-state index contributed by atoms with van der Waals surface area (Å²) in [4.78, 5) is 16.0. The van der Waals surface area contributed by atoms with Crippen molar-refractivity contribution in [2.45, 2.75) is 6.42 Å². The minimum Gasteiger partial charge on any atom is -0.385 e. The first-order valence-electron chi connectivity index (χ1n) is 6.33. The molecule has 0 fully saturated rings. The van der Waals surface area contributed by atoms with Crippen LogP contribution in [0.2, 0.25) is 0 Å². The molecule has 0 saturated carbocycles. The number of carbonyl (C=O) groups excluding carboxylic acids is 1. The molecular formula is C14H22FN3O. The zero-order valence-corrected chi connectivity index (χ0v) is 12.0. The monoisotopic (exact) mass is 267 g/mol. The Kier molecular flexibility index (Phi) is 5.76. The maximum Gasteiger partial charge on any atom is 0.255 e. The van der Waals surface area contributed by atoms with Crippen molar-refractivity contribution in [3.05, 3.63) is 29.6 Å². The largest absolute Gasteiger partial charge is 0.385 e. The number of carbonyl (C=O) groups is 1. The highest BCUT2D eigenvalue weighted by atomic mass is 19.1. The van der Waals surface area contributed by atoms with E-state index in [0.717, 1.165) is 13.0 Å². The van der Waals surface area contributed by atoms with Crippen LogP contribution in [0.5, 0.6) is 0 Å². The van der Waals surface area contributed by atoms with Crippen molar-refractivity contribution in [1.29, 1.82) is 0 Å². The van der Waals surface area contributed by atoms with Gasteiger partial charge in [-0.3, -0.25) is 4.79 Å². The summed E-state index contributed by atoms with van der Waals surface area (Å²) in [6, 6.07) is 4.53. The third-order valence-electron chi connectivity index (χ3n) is 2.94. The molecule has 1 amide bonds. The Balaban J connectivity index is 2.74. The topological polar surface area (TPSA) is 35.6 Å². The number of hydrogen-bond donors (Lipinski definition) is 1. The fourth-order valence-electron chi connectivity index (χ4n) is 1.89. The van der Waals surface area contributed by atoms with Gasteiger partial charge in [0.2, 0.25) is 0 Å². The van der Waals surface area contributed by atoms with E-state index in [2.05, 4.69) is 10.2 Å². The van der Waals surface area contributed by atoms with Crippen LogP contribution in [0.15, 0.2) is 18.2 Å². The van der Waals surface area contributed by atoms with Crippen LogP contribution < -0.4 is 5.32 Å². The van der Waals surface area contributed by atoms with Gasteiger partial charge >= 0.3 is 0 Å². The molecule has 0 aromatic heterocycles. The highest BCUT2D eigenvalue weighted by Gasteiger charge is 2.17. The molecule has 0 aliphatic rings. The van der Waals surface area contributed by atoms with Crippen molar-refractivity contribution in [1.82, 2.24) is 9.80 Å². The first kappa shape index (κ1) is 15.4. The zero-order valence-electron chi connectivity index (χ0n) is 12.0. The molecule has 1 aromatic carbocycles. The summed E-state index contributed by atoms with van der Waals surface area (Å²) in [6.07, 6.45) is 0.888. The van der Waals surface area contributed by atoms with Gasteiger partial charge in [0.15, 0.2) is 0 Å². The van der Waals surface area contributed by atoms with Gasteiger partial charge in [-0.15, -0.1) is 0 Å². The zero-order chi connectivity index (χ0) is 14.4. The Bertz CT molecular complexity index is 435. The van der Waals surface area contributed by atoms with E-state index in [-0.39, 0.29) is 11.6 Å². The molecule has 4 nitrogen and oxygen atoms in total. The number of hydrogen-bond acceptors (Lipinski definition) is 3. The number of anilines is 1. The number of rotatable bonds is 6. The molecule has 1 N–H and O–H groups in total. The van der Waals surface area contributed by atoms with Crippen LogP contribution in [-0.2, 0) is 0 Å². The summed E-state index contributed by atoms with van der Waals surface area (Å²) in [7, 11) is 7.34. The van der Waals surface area contributed by atoms with Gasteiger partial charge in [-0.1, -0.05) is 6.07 Å². The molecule has 0 aliphatic heterocycles. The predicted molar refractivity (Wildman–Crippen MR) is 76.1 cm³/mol. The summed E-state index contributed by atoms with van der Waals surface area (Å²) >= 11 is 0. The number of halogens is 1. The van der Waals surface area contributed by atoms with Crippen LogP contribution >= 0.6 is 0 Å². The van der Waals surface area contributed by atoms with Crippen molar-refractivity contribution in [3.8, 4) is 0 Å². The Labute approximate surface area is 114 Å². The third-order valence-corrected chi connectivity index (χ3v) is 2.94. The Morgan fingerprint density at radius 3 is 2.53 bits per heavy atom. The van der Waals surface area contributed by atoms with E-state index in [4.69, 9.17) is 0 Å². The summed E-state index contributed by atoms with van der Waals surface area (Å²) in [5.74, 6) is -0.572. The van der Waals surface area contributed by atoms with E-state index in [0.29, 0.717) is 12.1 Å². The second kappa shape index (κ2) is 7.09. The first-order chi connectivity index (χ1) is 8.97. The van der Waals surface area contributed by atoms with Gasteiger partial charge in [0, 0.05) is 20.6 Å². The van der Waals surface area contributed by atoms with Crippen LogP contribution in [0.1, 0.15) is 16.8 Å². The fourth-order valence-corrected chi connectivity index (χ4v) is 1.89. The number of nitrogens with zero attached hydrogens (tertiary/aromatic N) is 2. The summed E-state index contributed by atoms with van der Waals surface area (Å²) in [5, 5.41) is 2.74. The number of amides is 1. The van der Waals surface area contributed by atoms with Crippen LogP contribution in [0.3, 0.4) is 0 Å². The second-order valence-corrected chi connectivity index (χ2v) is 4.80. The molecule has 1 rings (SSSR count). The average molecular weight is 267 g/mol. The van der Waals surface area contributed by atoms with Gasteiger partial charge in [-0.25, -0.2) is 4.39 Å². The van der Waals surface area contributed by atoms with Crippen molar-refractivity contribution < 1.29 is 9.18 Å². The molecular weight excluding hydrogens is 245 g/mol. The molecule has 0 unspecified atom stereocenters. The third kappa shape index (κ3) is 4.21. The molecule has 0 heterocycles. The number of para-hydroxylation sites is 1. The lowest BCUT2D eigenvalue weighted by atomic mass is 10.1. The lowest BCUT2D eigenvalue weighted by Gasteiger charge is -2.20. The molecule has 0 atom stereocenters. The van der Waals surface area contributed by atoms with Crippen LogP contribution in [-0.4, -0.2) is 57.0 Å². The number of nitrogens with one attached hydrogen (secondary N) is 1. The minimum atomic E-state index is -0.407. The Hall–Kier alpha value is -1.62. The quantitative estimate of drug-likeness (QED) is 0.855. The molecule has 19 heavy (non-hydrogen) atoms. The second-order valence-electron chi connectivity index (χ2n) is 4.80. The molecule has 0 saturated heterocycles. The van der Waals surface area contributed by atoms with Gasteiger partial charge in [-0.2, -0.15) is 0 Å². The van der Waals surface area contributed by atoms with Crippen molar-refractivity contribution in [2.75, 3.05) is 46.6 Å². The SMILES string of the molecule is CNc1c(F)cccc1C(=O)N(C)CCCN(C)C. The van der Waals surface area contributed by atoms with Gasteiger partial charge in [0.05, 0.1) is 11.3 Å². The minimum absolute atomic E-state index is 0.164. The van der Waals surface area contributed by atoms with Crippen molar-refractivity contribution >= 4 is 11.6 Å². The maximum absolute atomic E-state index is 13.6. The van der Waals surface area contributed by atoms with E-state index < -0.39 is 5.82 Å². The van der Waals surface area contributed by atoms with Gasteiger partial charge in [-0.05, 0) is 39.2 Å². The van der Waals surface area contributed by atoms with E-state index in [1.807, 2.05) is 14.1 Å². The molecule has 0 radical (unpaired) electrons. The van der Waals surface area contributed by atoms with Crippen molar-refractivity contribution in [3.63, 3.8) is 0 Å². The average Bonchev–Trinajstić information content (AvgIpc) is 2.37. The predicted octanol–water partition coefficient (Wildman–Crippen LogP) is 1.89. The lowest BCUT2D eigenvalue weighted by molar-refractivity contribution is 0.0791. The summed E-state index contributed by atoms with van der Waals surface area (Å²) in [5.41, 5.74) is 0.627. The van der Waals surface area contributed by atoms with Gasteiger partial charge in [0.25, 0.3) is 5.91 Å². The molecule has 5 heteroatoms. The highest BCUT2D eigenvalue weighted by molar-refractivity contribution is 5.99. The van der Waals surface area contributed by atoms with E-state index in [1.54, 1.807) is 31.1 Å². The van der Waals surface area contributed by atoms with E-state index in [1.165, 1.54) is 6.07 Å². The maximum atomic E-state index is 13.6. The summed E-state index contributed by atoms with van der Waals surface area (Å²) < 4.78 is 13.6. The summed E-state index contributed by atoms with van der Waals surface area (Å²) in [6.45, 7) is 1.57. The van der Waals surface area contributed by atoms with Crippen LogP contribution in [0.4, 0.5) is 10.1 Å². The lowest BCUT2D eigenvalue weighted by Crippen LogP contribution is -2.30. The van der Waals surface area contributed by atoms with Gasteiger partial charge in [0.1, 0.15) is 5.82 Å². The van der Waals surface area contributed by atoms with E-state index >= 15 is 0 Å². The molecule has 0 spiro atoms. The first-order valence-corrected chi connectivity index (χ1v) is 6.33. The molecule has 0 aliphatic carbocycles. The Morgan fingerprint density at radius 2 is 1.95 bits per heavy atom. The molecule has 106 valence electrons. The highest BCUT2D eigenvalue weighted by Crippen LogP contribution is 2.20. The fraction of sp³-hybridized carbons (Fsp3) is 0.500. The molecule has 0 bridgehead atoms. The Morgan fingerprint density at radius 1 is 1.26 bits per heavy atom. The van der Waals surface area contributed by atoms with Crippen molar-refractivity contribution in [2.24, 2.45) is 0 Å². The number of benzene rings is 1. The van der Waals surface area contributed by atoms with Crippen LogP contribution in [0, 0.1) is 5.82 Å². The van der Waals surface area contributed by atoms with Gasteiger partial charge < -0.3 is 15.1 Å².